The monoisotopic (exact) mass is 330 g/mol. The molecule has 0 saturated heterocycles. The van der Waals surface area contributed by atoms with Crippen LogP contribution in [0.4, 0.5) is 11.4 Å². The molecule has 3 aromatic carbocycles. The Hall–Kier alpha value is -3.40. The Morgan fingerprint density at radius 3 is 2.20 bits per heavy atom. The van der Waals surface area contributed by atoms with E-state index in [2.05, 4.69) is 10.6 Å². The number of para-hydroxylation sites is 1. The molecule has 0 unspecified atom stereocenters. The summed E-state index contributed by atoms with van der Waals surface area (Å²) in [7, 11) is 0. The first-order valence-corrected chi connectivity index (χ1v) is 7.97. The minimum absolute atomic E-state index is 0.253. The second-order valence-corrected chi connectivity index (χ2v) is 5.69. The largest absolute Gasteiger partial charge is 0.322 e. The van der Waals surface area contributed by atoms with Gasteiger partial charge in [-0.05, 0) is 48.9 Å². The molecule has 0 fully saturated rings. The molecule has 0 aromatic heterocycles. The lowest BCUT2D eigenvalue weighted by Gasteiger charge is -2.12. The number of hydrogen-bond donors (Lipinski definition) is 2. The predicted molar refractivity (Wildman–Crippen MR) is 100.0 cm³/mol. The van der Waals surface area contributed by atoms with Gasteiger partial charge >= 0.3 is 0 Å². The van der Waals surface area contributed by atoms with Crippen molar-refractivity contribution < 1.29 is 9.59 Å². The highest BCUT2D eigenvalue weighted by atomic mass is 16.2. The normalized spacial score (nSPS) is 10.1. The second kappa shape index (κ2) is 7.45. The Bertz CT molecular complexity index is 905. The summed E-state index contributed by atoms with van der Waals surface area (Å²) in [5.74, 6) is -0.522. The van der Waals surface area contributed by atoms with Crippen LogP contribution in [0.3, 0.4) is 0 Å². The van der Waals surface area contributed by atoms with Crippen LogP contribution in [0, 0.1) is 6.92 Å². The molecule has 3 rings (SSSR count). The molecule has 0 aliphatic heterocycles. The highest BCUT2D eigenvalue weighted by molar-refractivity contribution is 6.12. The van der Waals surface area contributed by atoms with Gasteiger partial charge in [0.15, 0.2) is 0 Å². The molecule has 25 heavy (non-hydrogen) atoms. The van der Waals surface area contributed by atoms with E-state index in [1.807, 2.05) is 37.3 Å². The van der Waals surface area contributed by atoms with E-state index in [-0.39, 0.29) is 11.8 Å². The van der Waals surface area contributed by atoms with Gasteiger partial charge in [0.1, 0.15) is 0 Å². The third-order valence-electron chi connectivity index (χ3n) is 3.73. The van der Waals surface area contributed by atoms with Gasteiger partial charge in [0.2, 0.25) is 0 Å². The van der Waals surface area contributed by atoms with E-state index in [9.17, 15) is 9.59 Å². The van der Waals surface area contributed by atoms with Crippen LogP contribution in [-0.4, -0.2) is 11.8 Å². The van der Waals surface area contributed by atoms with Crippen molar-refractivity contribution in [2.45, 2.75) is 6.92 Å². The van der Waals surface area contributed by atoms with Crippen molar-refractivity contribution in [1.82, 2.24) is 0 Å². The summed E-state index contributed by atoms with van der Waals surface area (Å²) in [5.41, 5.74) is 3.20. The fourth-order valence-electron chi connectivity index (χ4n) is 2.50. The van der Waals surface area contributed by atoms with Crippen molar-refractivity contribution in [3.05, 3.63) is 95.6 Å². The van der Waals surface area contributed by atoms with Gasteiger partial charge in [0.05, 0.1) is 11.3 Å². The van der Waals surface area contributed by atoms with Crippen LogP contribution < -0.4 is 10.6 Å². The minimum Gasteiger partial charge on any atom is -0.322 e. The third-order valence-corrected chi connectivity index (χ3v) is 3.73. The van der Waals surface area contributed by atoms with Gasteiger partial charge in [-0.1, -0.05) is 42.5 Å². The molecular weight excluding hydrogens is 312 g/mol. The lowest BCUT2D eigenvalue weighted by atomic mass is 10.1. The fraction of sp³-hybridized carbons (Fsp3) is 0.0476. The molecule has 2 N–H and O–H groups in total. The summed E-state index contributed by atoms with van der Waals surface area (Å²) in [4.78, 5) is 25.0. The van der Waals surface area contributed by atoms with E-state index < -0.39 is 0 Å². The van der Waals surface area contributed by atoms with Crippen LogP contribution >= 0.6 is 0 Å². The summed E-state index contributed by atoms with van der Waals surface area (Å²) in [5, 5.41) is 5.67. The molecule has 124 valence electrons. The molecular formula is C21H18N2O2. The van der Waals surface area contributed by atoms with E-state index >= 15 is 0 Å². The molecule has 0 heterocycles. The molecule has 0 atom stereocenters. The van der Waals surface area contributed by atoms with Crippen molar-refractivity contribution >= 4 is 23.2 Å². The van der Waals surface area contributed by atoms with Crippen molar-refractivity contribution in [2.75, 3.05) is 10.6 Å². The molecule has 0 aliphatic rings. The van der Waals surface area contributed by atoms with E-state index in [0.717, 1.165) is 5.56 Å². The molecule has 4 heteroatoms. The van der Waals surface area contributed by atoms with Crippen molar-refractivity contribution in [1.29, 1.82) is 0 Å². The highest BCUT2D eigenvalue weighted by Crippen LogP contribution is 2.19. The van der Waals surface area contributed by atoms with Gasteiger partial charge in [-0.2, -0.15) is 0 Å². The predicted octanol–water partition coefficient (Wildman–Crippen LogP) is 4.50. The zero-order valence-corrected chi connectivity index (χ0v) is 13.8. The van der Waals surface area contributed by atoms with E-state index in [4.69, 9.17) is 0 Å². The zero-order chi connectivity index (χ0) is 17.6. The molecule has 4 nitrogen and oxygen atoms in total. The molecule has 0 saturated carbocycles. The topological polar surface area (TPSA) is 58.2 Å². The van der Waals surface area contributed by atoms with E-state index in [0.29, 0.717) is 22.5 Å². The lowest BCUT2D eigenvalue weighted by molar-refractivity contribution is 0.102. The number of carbonyl (C=O) groups is 2. The van der Waals surface area contributed by atoms with E-state index in [1.54, 1.807) is 48.5 Å². The Labute approximate surface area is 146 Å². The molecule has 0 spiro atoms. The van der Waals surface area contributed by atoms with Gasteiger partial charge < -0.3 is 10.6 Å². The van der Waals surface area contributed by atoms with Gasteiger partial charge in [-0.15, -0.1) is 0 Å². The smallest absolute Gasteiger partial charge is 0.257 e. The number of rotatable bonds is 4. The lowest BCUT2D eigenvalue weighted by Crippen LogP contribution is -2.18. The van der Waals surface area contributed by atoms with Crippen LogP contribution in [-0.2, 0) is 0 Å². The third kappa shape index (κ3) is 4.12. The first-order valence-electron chi connectivity index (χ1n) is 7.97. The fourth-order valence-corrected chi connectivity index (χ4v) is 2.50. The summed E-state index contributed by atoms with van der Waals surface area (Å²) in [6.07, 6.45) is 0. The zero-order valence-electron chi connectivity index (χ0n) is 13.8. The first-order chi connectivity index (χ1) is 12.1. The molecule has 0 bridgehead atoms. The number of benzene rings is 3. The van der Waals surface area contributed by atoms with Crippen LogP contribution in [0.25, 0.3) is 0 Å². The first kappa shape index (κ1) is 16.5. The average molecular weight is 330 g/mol. The van der Waals surface area contributed by atoms with Crippen LogP contribution in [0.2, 0.25) is 0 Å². The molecule has 2 amide bonds. The summed E-state index contributed by atoms with van der Waals surface area (Å²) < 4.78 is 0. The van der Waals surface area contributed by atoms with Crippen molar-refractivity contribution in [3.8, 4) is 0 Å². The van der Waals surface area contributed by atoms with Crippen LogP contribution in [0.5, 0.6) is 0 Å². The summed E-state index contributed by atoms with van der Waals surface area (Å²) >= 11 is 0. The Balaban J connectivity index is 1.81. The van der Waals surface area contributed by atoms with Gasteiger partial charge in [0, 0.05) is 11.3 Å². The van der Waals surface area contributed by atoms with Gasteiger partial charge in [-0.25, -0.2) is 0 Å². The number of hydrogen-bond acceptors (Lipinski definition) is 2. The minimum atomic E-state index is -0.269. The maximum Gasteiger partial charge on any atom is 0.257 e. The molecule has 3 aromatic rings. The van der Waals surface area contributed by atoms with Gasteiger partial charge in [-0.3, -0.25) is 9.59 Å². The number of anilines is 2. The standard InChI is InChI=1S/C21H18N2O2/c1-15-8-7-11-17(14-15)22-21(25)18-12-5-6-13-19(18)23-20(24)16-9-3-2-4-10-16/h2-14H,1H3,(H,22,25)(H,23,24). The van der Waals surface area contributed by atoms with Crippen molar-refractivity contribution in [2.24, 2.45) is 0 Å². The number of aryl methyl sites for hydroxylation is 1. The van der Waals surface area contributed by atoms with Gasteiger partial charge in [0.25, 0.3) is 11.8 Å². The number of amides is 2. The summed E-state index contributed by atoms with van der Waals surface area (Å²) in [6.45, 7) is 1.96. The Kier molecular flexibility index (Phi) is 4.90. The quantitative estimate of drug-likeness (QED) is 0.740. The maximum atomic E-state index is 12.6. The summed E-state index contributed by atoms with van der Waals surface area (Å²) in [6, 6.07) is 23.4. The van der Waals surface area contributed by atoms with E-state index in [1.165, 1.54) is 0 Å². The van der Waals surface area contributed by atoms with Crippen molar-refractivity contribution in [3.63, 3.8) is 0 Å². The molecule has 0 aliphatic carbocycles. The average Bonchev–Trinajstić information content (AvgIpc) is 2.63. The number of nitrogens with one attached hydrogen (secondary N) is 2. The Morgan fingerprint density at radius 1 is 0.720 bits per heavy atom. The molecule has 0 radical (unpaired) electrons. The number of carbonyl (C=O) groups excluding carboxylic acids is 2. The van der Waals surface area contributed by atoms with Crippen LogP contribution in [0.15, 0.2) is 78.9 Å². The highest BCUT2D eigenvalue weighted by Gasteiger charge is 2.14. The van der Waals surface area contributed by atoms with Crippen LogP contribution in [0.1, 0.15) is 26.3 Å². The second-order valence-electron chi connectivity index (χ2n) is 5.69. The maximum absolute atomic E-state index is 12.6. The SMILES string of the molecule is Cc1cccc(NC(=O)c2ccccc2NC(=O)c2ccccc2)c1. The Morgan fingerprint density at radius 2 is 1.44 bits per heavy atom.